The predicted molar refractivity (Wildman–Crippen MR) is 139 cm³/mol. The molecule has 1 aliphatic heterocycles. The molecule has 190 valence electrons. The quantitative estimate of drug-likeness (QED) is 0.389. The topological polar surface area (TPSA) is 122 Å². The zero-order valence-corrected chi connectivity index (χ0v) is 21.2. The van der Waals surface area contributed by atoms with Gasteiger partial charge in [0.25, 0.3) is 17.4 Å². The first-order valence-electron chi connectivity index (χ1n) is 11.6. The van der Waals surface area contributed by atoms with E-state index in [1.54, 1.807) is 59.8 Å². The number of rotatable bonds is 6. The van der Waals surface area contributed by atoms with E-state index in [0.717, 1.165) is 0 Å². The van der Waals surface area contributed by atoms with Crippen molar-refractivity contribution >= 4 is 34.8 Å². The summed E-state index contributed by atoms with van der Waals surface area (Å²) in [5, 5.41) is 21.0. The van der Waals surface area contributed by atoms with Crippen LogP contribution in [0.2, 0.25) is 4.34 Å². The molecule has 0 unspecified atom stereocenters. The summed E-state index contributed by atoms with van der Waals surface area (Å²) >= 11 is 7.09. The Morgan fingerprint density at radius 2 is 1.95 bits per heavy atom. The van der Waals surface area contributed by atoms with Gasteiger partial charge in [-0.05, 0) is 49.2 Å². The molecule has 12 heteroatoms. The average Bonchev–Trinajstić information content (AvgIpc) is 3.56. The lowest BCUT2D eigenvalue weighted by molar-refractivity contribution is 0.0546. The number of hydrogen-bond acceptors (Lipinski definition) is 7. The summed E-state index contributed by atoms with van der Waals surface area (Å²) in [5.74, 6) is -0.500. The molecule has 10 nitrogen and oxygen atoms in total. The Morgan fingerprint density at radius 1 is 1.14 bits per heavy atom. The van der Waals surface area contributed by atoms with Gasteiger partial charge in [-0.1, -0.05) is 22.9 Å². The first-order valence-corrected chi connectivity index (χ1v) is 12.8. The van der Waals surface area contributed by atoms with Gasteiger partial charge in [0.15, 0.2) is 0 Å². The first-order chi connectivity index (χ1) is 17.9. The number of nitrogens with zero attached hydrogens (tertiary/aromatic N) is 5. The predicted octanol–water partition coefficient (Wildman–Crippen LogP) is 2.66. The second kappa shape index (κ2) is 10.7. The number of aliphatic hydroxyl groups is 1. The van der Waals surface area contributed by atoms with Crippen LogP contribution < -0.4 is 10.9 Å². The van der Waals surface area contributed by atoms with Crippen molar-refractivity contribution in [3.8, 4) is 11.4 Å². The van der Waals surface area contributed by atoms with E-state index < -0.39 is 6.10 Å². The molecule has 37 heavy (non-hydrogen) atoms. The Kier molecular flexibility index (Phi) is 7.17. The van der Waals surface area contributed by atoms with E-state index in [9.17, 15) is 19.5 Å². The molecule has 0 atom stereocenters. The molecule has 3 aromatic heterocycles. The molecule has 0 aliphatic carbocycles. The van der Waals surface area contributed by atoms with E-state index in [4.69, 9.17) is 11.6 Å². The van der Waals surface area contributed by atoms with Gasteiger partial charge >= 0.3 is 0 Å². The fourth-order valence-corrected chi connectivity index (χ4v) is 5.08. The van der Waals surface area contributed by atoms with Crippen molar-refractivity contribution in [2.75, 3.05) is 13.1 Å². The highest BCUT2D eigenvalue weighted by Crippen LogP contribution is 2.23. The summed E-state index contributed by atoms with van der Waals surface area (Å²) in [6.45, 7) is 0.992. The van der Waals surface area contributed by atoms with Crippen LogP contribution in [0.15, 0.2) is 65.7 Å². The van der Waals surface area contributed by atoms with Crippen LogP contribution in [-0.4, -0.2) is 60.6 Å². The molecule has 1 aliphatic rings. The molecular weight excluding hydrogens is 516 g/mol. The van der Waals surface area contributed by atoms with Crippen LogP contribution in [0, 0.1) is 0 Å². The standard InChI is InChI=1S/C25H23ClN6O4S/c26-22-7-6-21(37-22)24(35)27-14-16-15-32(29-28-16)20-5-4-17(31-10-2-1-3-23(31)34)13-19(20)25(36)30-11-8-18(33)9-12-30/h1-7,10,13,15,18,33H,8-9,11-12,14H2,(H,27,35). The Balaban J connectivity index is 1.44. The van der Waals surface area contributed by atoms with Gasteiger partial charge in [0.2, 0.25) is 0 Å². The van der Waals surface area contributed by atoms with Crippen molar-refractivity contribution in [1.82, 2.24) is 29.8 Å². The zero-order chi connectivity index (χ0) is 25.9. The maximum atomic E-state index is 13.6. The van der Waals surface area contributed by atoms with Crippen LogP contribution in [0.25, 0.3) is 11.4 Å². The van der Waals surface area contributed by atoms with Gasteiger partial charge in [-0.2, -0.15) is 0 Å². The summed E-state index contributed by atoms with van der Waals surface area (Å²) in [6, 6.07) is 13.3. The number of carbonyl (C=O) groups is 2. The van der Waals surface area contributed by atoms with Crippen LogP contribution in [0.5, 0.6) is 0 Å². The molecule has 0 bridgehead atoms. The molecule has 4 aromatic rings. The summed E-state index contributed by atoms with van der Waals surface area (Å²) in [7, 11) is 0. The number of likely N-dealkylation sites (tertiary alicyclic amines) is 1. The molecule has 4 heterocycles. The number of hydrogen-bond donors (Lipinski definition) is 2. The van der Waals surface area contributed by atoms with Crippen LogP contribution >= 0.6 is 22.9 Å². The second-order valence-electron chi connectivity index (χ2n) is 8.57. The van der Waals surface area contributed by atoms with Gasteiger partial charge in [0.1, 0.15) is 5.69 Å². The largest absolute Gasteiger partial charge is 0.393 e. The Hall–Kier alpha value is -3.80. The van der Waals surface area contributed by atoms with Crippen LogP contribution in [0.1, 0.15) is 38.6 Å². The zero-order valence-electron chi connectivity index (χ0n) is 19.6. The highest BCUT2D eigenvalue weighted by Gasteiger charge is 2.25. The molecule has 0 spiro atoms. The minimum absolute atomic E-state index is 0.138. The third-order valence-corrected chi connectivity index (χ3v) is 7.31. The van der Waals surface area contributed by atoms with Gasteiger partial charge < -0.3 is 15.3 Å². The van der Waals surface area contributed by atoms with E-state index in [2.05, 4.69) is 15.6 Å². The highest BCUT2D eigenvalue weighted by atomic mass is 35.5. The van der Waals surface area contributed by atoms with Crippen molar-refractivity contribution in [2.45, 2.75) is 25.5 Å². The lowest BCUT2D eigenvalue weighted by Crippen LogP contribution is -2.40. The van der Waals surface area contributed by atoms with Crippen LogP contribution in [0.3, 0.4) is 0 Å². The minimum Gasteiger partial charge on any atom is -0.393 e. The molecule has 2 amide bonds. The number of pyridine rings is 1. The van der Waals surface area contributed by atoms with Crippen molar-refractivity contribution in [3.05, 3.63) is 91.7 Å². The molecule has 2 N–H and O–H groups in total. The SMILES string of the molecule is O=C(NCc1cn(-c2ccc(-n3ccccc3=O)cc2C(=O)N2CCC(O)CC2)nn1)c1ccc(Cl)s1. The monoisotopic (exact) mass is 538 g/mol. The number of aromatic nitrogens is 4. The molecule has 0 saturated carbocycles. The summed E-state index contributed by atoms with van der Waals surface area (Å²) in [4.78, 5) is 40.5. The molecule has 5 rings (SSSR count). The minimum atomic E-state index is -0.420. The van der Waals surface area contributed by atoms with Gasteiger partial charge in [-0.15, -0.1) is 16.4 Å². The Labute approximate surface area is 220 Å². The fourth-order valence-electron chi connectivity index (χ4n) is 4.12. The van der Waals surface area contributed by atoms with Crippen molar-refractivity contribution < 1.29 is 14.7 Å². The maximum absolute atomic E-state index is 13.6. The van der Waals surface area contributed by atoms with Gasteiger partial charge in [0, 0.05) is 31.0 Å². The van der Waals surface area contributed by atoms with Crippen LogP contribution in [-0.2, 0) is 6.54 Å². The normalized spacial score (nSPS) is 14.1. The van der Waals surface area contributed by atoms with Gasteiger partial charge in [-0.25, -0.2) is 4.68 Å². The summed E-state index contributed by atoms with van der Waals surface area (Å²) in [5.41, 5.74) is 1.65. The molecule has 1 aromatic carbocycles. The van der Waals surface area contributed by atoms with Crippen molar-refractivity contribution in [3.63, 3.8) is 0 Å². The Bertz CT molecular complexity index is 1500. The lowest BCUT2D eigenvalue weighted by atomic mass is 10.0. The Morgan fingerprint density at radius 3 is 2.68 bits per heavy atom. The average molecular weight is 539 g/mol. The number of benzene rings is 1. The van der Waals surface area contributed by atoms with E-state index in [-0.39, 0.29) is 23.9 Å². The highest BCUT2D eigenvalue weighted by molar-refractivity contribution is 7.18. The fraction of sp³-hybridized carbons (Fsp3) is 0.240. The smallest absolute Gasteiger partial charge is 0.261 e. The van der Waals surface area contributed by atoms with Crippen molar-refractivity contribution in [1.29, 1.82) is 0 Å². The number of thiophene rings is 1. The number of halogens is 1. The van der Waals surface area contributed by atoms with E-state index in [1.165, 1.54) is 26.7 Å². The summed E-state index contributed by atoms with van der Waals surface area (Å²) < 4.78 is 3.46. The van der Waals surface area contributed by atoms with E-state index >= 15 is 0 Å². The first kappa shape index (κ1) is 24.9. The molecular formula is C25H23ClN6O4S. The van der Waals surface area contributed by atoms with Gasteiger partial charge in [-0.3, -0.25) is 19.0 Å². The molecule has 1 saturated heterocycles. The third kappa shape index (κ3) is 5.48. The van der Waals surface area contributed by atoms with Crippen molar-refractivity contribution in [2.24, 2.45) is 0 Å². The van der Waals surface area contributed by atoms with Gasteiger partial charge in [0.05, 0.1) is 39.3 Å². The van der Waals surface area contributed by atoms with E-state index in [0.29, 0.717) is 57.8 Å². The second-order valence-corrected chi connectivity index (χ2v) is 10.3. The maximum Gasteiger partial charge on any atom is 0.261 e. The van der Waals surface area contributed by atoms with Crippen LogP contribution in [0.4, 0.5) is 0 Å². The number of carbonyl (C=O) groups excluding carboxylic acids is 2. The number of nitrogens with one attached hydrogen (secondary N) is 1. The summed E-state index contributed by atoms with van der Waals surface area (Å²) in [6.07, 6.45) is 3.86. The third-order valence-electron chi connectivity index (χ3n) is 6.08. The number of piperidine rings is 1. The molecule has 1 fully saturated rings. The number of amides is 2. The number of aliphatic hydroxyl groups excluding tert-OH is 1. The molecule has 0 radical (unpaired) electrons. The lowest BCUT2D eigenvalue weighted by Gasteiger charge is -2.30. The van der Waals surface area contributed by atoms with E-state index in [1.807, 2.05) is 0 Å².